The summed E-state index contributed by atoms with van der Waals surface area (Å²) in [7, 11) is 0. The van der Waals surface area contributed by atoms with Crippen molar-refractivity contribution in [1.29, 1.82) is 0 Å². The number of rotatable bonds is 6. The summed E-state index contributed by atoms with van der Waals surface area (Å²) in [5.41, 5.74) is 0.610. The lowest BCUT2D eigenvalue weighted by Gasteiger charge is -2.10. The number of hydrogen-bond acceptors (Lipinski definition) is 4. The Balaban J connectivity index is 1.79. The van der Waals surface area contributed by atoms with E-state index in [4.69, 9.17) is 39.5 Å². The van der Waals surface area contributed by atoms with Gasteiger partial charge in [0.15, 0.2) is 6.61 Å². The smallest absolute Gasteiger partial charge is 0.325 e. The number of esters is 1. The molecule has 0 aliphatic carbocycles. The molecule has 0 saturated carbocycles. The second-order valence-electron chi connectivity index (χ2n) is 5.15. The van der Waals surface area contributed by atoms with E-state index in [9.17, 15) is 14.4 Å². The van der Waals surface area contributed by atoms with Crippen LogP contribution >= 0.6 is 50.7 Å². The van der Waals surface area contributed by atoms with Gasteiger partial charge in [-0.25, -0.2) is 0 Å². The van der Waals surface area contributed by atoms with Crippen molar-refractivity contribution in [3.8, 4) is 0 Å². The summed E-state index contributed by atoms with van der Waals surface area (Å²) in [5, 5.41) is 5.49. The summed E-state index contributed by atoms with van der Waals surface area (Å²) in [6.07, 6.45) is 0. The van der Waals surface area contributed by atoms with Gasteiger partial charge in [-0.1, -0.05) is 56.8 Å². The van der Waals surface area contributed by atoms with Gasteiger partial charge in [0, 0.05) is 10.0 Å². The Morgan fingerprint density at radius 3 is 2.41 bits per heavy atom. The summed E-state index contributed by atoms with van der Waals surface area (Å²) in [4.78, 5) is 35.4. The standard InChI is InChI=1S/C17H12BrCl3N2O4/c18-10-3-1-2-9(4-10)17(26)22-7-16(25)27-8-15(24)23-14-6-12(20)11(19)5-13(14)21/h1-6H,7-8H2,(H,22,26)(H,23,24). The van der Waals surface area contributed by atoms with E-state index in [0.717, 1.165) is 4.47 Å². The summed E-state index contributed by atoms with van der Waals surface area (Å²) in [6, 6.07) is 9.42. The van der Waals surface area contributed by atoms with Crippen LogP contribution in [0.5, 0.6) is 0 Å². The average Bonchev–Trinajstić information content (AvgIpc) is 2.62. The first-order valence-corrected chi connectivity index (χ1v) is 9.32. The van der Waals surface area contributed by atoms with E-state index in [1.54, 1.807) is 24.3 Å². The van der Waals surface area contributed by atoms with Crippen LogP contribution in [-0.4, -0.2) is 30.9 Å². The Bertz CT molecular complexity index is 892. The molecular weight excluding hydrogens is 482 g/mol. The molecule has 142 valence electrons. The number of nitrogens with one attached hydrogen (secondary N) is 2. The molecule has 0 aliphatic heterocycles. The minimum absolute atomic E-state index is 0.186. The minimum Gasteiger partial charge on any atom is -0.454 e. The third kappa shape index (κ3) is 6.70. The lowest BCUT2D eigenvalue weighted by atomic mass is 10.2. The predicted molar refractivity (Wildman–Crippen MR) is 108 cm³/mol. The molecule has 0 heterocycles. The molecule has 2 N–H and O–H groups in total. The van der Waals surface area contributed by atoms with E-state index in [2.05, 4.69) is 26.6 Å². The third-order valence-corrected chi connectivity index (χ3v) is 4.66. The summed E-state index contributed by atoms with van der Waals surface area (Å²) < 4.78 is 5.53. The second kappa shape index (κ2) is 9.94. The molecule has 0 aliphatic rings. The fourth-order valence-electron chi connectivity index (χ4n) is 1.89. The number of ether oxygens (including phenoxy) is 1. The third-order valence-electron chi connectivity index (χ3n) is 3.13. The summed E-state index contributed by atoms with van der Waals surface area (Å²) in [6.45, 7) is -0.936. The first kappa shape index (κ1) is 21.5. The van der Waals surface area contributed by atoms with Crippen molar-refractivity contribution >= 4 is 74.2 Å². The fraction of sp³-hybridized carbons (Fsp3) is 0.118. The Kier molecular flexibility index (Phi) is 7.91. The molecule has 2 aromatic carbocycles. The average molecular weight is 495 g/mol. The molecule has 0 radical (unpaired) electrons. The SMILES string of the molecule is O=C(COC(=O)CNC(=O)c1cccc(Br)c1)Nc1cc(Cl)c(Cl)cc1Cl. The quantitative estimate of drug-likeness (QED) is 0.463. The van der Waals surface area contributed by atoms with E-state index in [1.807, 2.05) is 0 Å². The summed E-state index contributed by atoms with van der Waals surface area (Å²) in [5.74, 6) is -1.84. The van der Waals surface area contributed by atoms with E-state index in [1.165, 1.54) is 12.1 Å². The van der Waals surface area contributed by atoms with Crippen LogP contribution in [0.3, 0.4) is 0 Å². The Morgan fingerprint density at radius 1 is 1.00 bits per heavy atom. The fourth-order valence-corrected chi connectivity index (χ4v) is 2.88. The van der Waals surface area contributed by atoms with Gasteiger partial charge in [-0.05, 0) is 30.3 Å². The molecule has 0 aromatic heterocycles. The maximum absolute atomic E-state index is 11.9. The number of hydrogen-bond donors (Lipinski definition) is 2. The molecule has 0 bridgehead atoms. The largest absolute Gasteiger partial charge is 0.454 e. The molecule has 0 atom stereocenters. The normalized spacial score (nSPS) is 10.2. The highest BCUT2D eigenvalue weighted by Crippen LogP contribution is 2.32. The first-order chi connectivity index (χ1) is 12.8. The number of halogens is 4. The zero-order chi connectivity index (χ0) is 20.0. The second-order valence-corrected chi connectivity index (χ2v) is 7.29. The van der Waals surface area contributed by atoms with Gasteiger partial charge < -0.3 is 15.4 Å². The molecule has 10 heteroatoms. The van der Waals surface area contributed by atoms with Gasteiger partial charge in [-0.3, -0.25) is 14.4 Å². The van der Waals surface area contributed by atoms with E-state index < -0.39 is 24.4 Å². The molecule has 6 nitrogen and oxygen atoms in total. The zero-order valence-corrected chi connectivity index (χ0v) is 17.4. The topological polar surface area (TPSA) is 84.5 Å². The van der Waals surface area contributed by atoms with Crippen LogP contribution in [0.25, 0.3) is 0 Å². The van der Waals surface area contributed by atoms with Gasteiger partial charge in [-0.15, -0.1) is 0 Å². The lowest BCUT2D eigenvalue weighted by molar-refractivity contribution is -0.146. The number of carbonyl (C=O) groups is 3. The summed E-state index contributed by atoms with van der Waals surface area (Å²) >= 11 is 20.9. The monoisotopic (exact) mass is 492 g/mol. The van der Waals surface area contributed by atoms with Crippen LogP contribution in [-0.2, 0) is 14.3 Å². The molecule has 2 amide bonds. The minimum atomic E-state index is -0.770. The highest BCUT2D eigenvalue weighted by Gasteiger charge is 2.13. The van der Waals surface area contributed by atoms with Crippen molar-refractivity contribution in [1.82, 2.24) is 5.32 Å². The van der Waals surface area contributed by atoms with Crippen LogP contribution in [0.4, 0.5) is 5.69 Å². The number of anilines is 1. The molecule has 27 heavy (non-hydrogen) atoms. The van der Waals surface area contributed by atoms with E-state index in [-0.39, 0.29) is 27.3 Å². The van der Waals surface area contributed by atoms with Gasteiger partial charge in [0.1, 0.15) is 6.54 Å². The van der Waals surface area contributed by atoms with E-state index in [0.29, 0.717) is 5.56 Å². The molecule has 0 saturated heterocycles. The van der Waals surface area contributed by atoms with Gasteiger partial charge in [0.25, 0.3) is 11.8 Å². The zero-order valence-electron chi connectivity index (χ0n) is 13.5. The van der Waals surface area contributed by atoms with Gasteiger partial charge in [-0.2, -0.15) is 0 Å². The van der Waals surface area contributed by atoms with Crippen molar-refractivity contribution in [2.45, 2.75) is 0 Å². The Hall–Kier alpha value is -1.80. The number of amides is 2. The molecule has 0 fully saturated rings. The highest BCUT2D eigenvalue weighted by atomic mass is 79.9. The van der Waals surface area contributed by atoms with Crippen LogP contribution in [0.2, 0.25) is 15.1 Å². The maximum Gasteiger partial charge on any atom is 0.325 e. The Labute approximate surface area is 178 Å². The molecule has 2 rings (SSSR count). The molecule has 0 spiro atoms. The molecular formula is C17H12BrCl3N2O4. The lowest BCUT2D eigenvalue weighted by Crippen LogP contribution is -2.32. The van der Waals surface area contributed by atoms with Gasteiger partial charge in [0.05, 0.1) is 20.8 Å². The number of carbonyl (C=O) groups excluding carboxylic acids is 3. The van der Waals surface area contributed by atoms with Crippen LogP contribution in [0, 0.1) is 0 Å². The Morgan fingerprint density at radius 2 is 1.70 bits per heavy atom. The van der Waals surface area contributed by atoms with Crippen molar-refractivity contribution in [3.05, 3.63) is 61.5 Å². The van der Waals surface area contributed by atoms with Crippen LogP contribution in [0.1, 0.15) is 10.4 Å². The predicted octanol–water partition coefficient (Wildman–Crippen LogP) is 4.32. The van der Waals surface area contributed by atoms with Crippen molar-refractivity contribution in [2.75, 3.05) is 18.5 Å². The first-order valence-electron chi connectivity index (χ1n) is 7.40. The van der Waals surface area contributed by atoms with Crippen molar-refractivity contribution in [2.24, 2.45) is 0 Å². The molecule has 2 aromatic rings. The van der Waals surface area contributed by atoms with Gasteiger partial charge in [0.2, 0.25) is 0 Å². The van der Waals surface area contributed by atoms with E-state index >= 15 is 0 Å². The van der Waals surface area contributed by atoms with Crippen molar-refractivity contribution < 1.29 is 19.1 Å². The van der Waals surface area contributed by atoms with Crippen molar-refractivity contribution in [3.63, 3.8) is 0 Å². The van der Waals surface area contributed by atoms with Crippen LogP contribution in [0.15, 0.2) is 40.9 Å². The maximum atomic E-state index is 11.9. The molecule has 0 unspecified atom stereocenters. The van der Waals surface area contributed by atoms with Crippen LogP contribution < -0.4 is 10.6 Å². The number of benzene rings is 2. The highest BCUT2D eigenvalue weighted by molar-refractivity contribution is 9.10. The van der Waals surface area contributed by atoms with Gasteiger partial charge >= 0.3 is 5.97 Å².